The smallest absolute Gasteiger partial charge is 0.344 e. The molecule has 3 fully saturated rings. The number of benzene rings is 1. The summed E-state index contributed by atoms with van der Waals surface area (Å²) in [5, 5.41) is 0.970. The second kappa shape index (κ2) is 12.5. The standard InChI is InChI=1S/C41H56O5/c1-25(2)8-6-9-26(3)34-16-17-35-33-14-12-27-22-29(18-20-40(27,4)36(33)19-21-41(34,35)5)45-38(42)24-44-28-13-15-31-30-10-7-11-32(30)39(43)46-37(31)23-28/h12-13,15,23,25-26,29,33-36H,6-11,14,16-22,24H2,1-5H3/t26-,29+,33-,34-,35-,36-,40+,41-/m1/s1. The number of hydrogen-bond donors (Lipinski definition) is 0. The largest absolute Gasteiger partial charge is 0.482 e. The highest BCUT2D eigenvalue weighted by molar-refractivity contribution is 5.83. The molecule has 0 saturated heterocycles. The van der Waals surface area contributed by atoms with Gasteiger partial charge >= 0.3 is 11.6 Å². The fraction of sp³-hybridized carbons (Fsp3) is 0.707. The first-order valence-electron chi connectivity index (χ1n) is 18.7. The number of allylic oxidation sites excluding steroid dienone is 1. The number of esters is 1. The van der Waals surface area contributed by atoms with Crippen molar-refractivity contribution in [2.24, 2.45) is 46.3 Å². The minimum absolute atomic E-state index is 0.0828. The van der Waals surface area contributed by atoms with E-state index in [1.807, 2.05) is 12.1 Å². The molecular weight excluding hydrogens is 572 g/mol. The molecule has 5 heteroatoms. The van der Waals surface area contributed by atoms with E-state index in [-0.39, 0.29) is 29.7 Å². The van der Waals surface area contributed by atoms with Crippen molar-refractivity contribution in [3.63, 3.8) is 0 Å². The quantitative estimate of drug-likeness (QED) is 0.157. The third-order valence-electron chi connectivity index (χ3n) is 13.9. The van der Waals surface area contributed by atoms with Crippen LogP contribution in [-0.2, 0) is 22.4 Å². The Kier molecular flexibility index (Phi) is 8.68. The molecule has 8 atom stereocenters. The molecule has 1 heterocycles. The Hall–Kier alpha value is -2.56. The number of hydrogen-bond acceptors (Lipinski definition) is 5. The molecule has 5 aliphatic rings. The molecule has 3 saturated carbocycles. The Balaban J connectivity index is 0.954. The van der Waals surface area contributed by atoms with E-state index >= 15 is 0 Å². The number of ether oxygens (including phenoxy) is 2. The van der Waals surface area contributed by atoms with Crippen LogP contribution in [0.1, 0.15) is 123 Å². The van der Waals surface area contributed by atoms with Crippen LogP contribution in [-0.4, -0.2) is 18.7 Å². The normalized spacial score (nSPS) is 34.0. The van der Waals surface area contributed by atoms with E-state index in [0.29, 0.717) is 16.7 Å². The van der Waals surface area contributed by atoms with E-state index in [1.165, 1.54) is 56.9 Å². The maximum atomic E-state index is 12.9. The number of rotatable bonds is 9. The minimum atomic E-state index is -0.327. The van der Waals surface area contributed by atoms with Gasteiger partial charge < -0.3 is 13.9 Å². The van der Waals surface area contributed by atoms with Crippen LogP contribution in [0.2, 0.25) is 0 Å². The lowest BCUT2D eigenvalue weighted by molar-refractivity contribution is -0.153. The summed E-state index contributed by atoms with van der Waals surface area (Å²) >= 11 is 0. The van der Waals surface area contributed by atoms with E-state index in [2.05, 4.69) is 40.7 Å². The highest BCUT2D eigenvalue weighted by Gasteiger charge is 2.59. The fourth-order valence-corrected chi connectivity index (χ4v) is 11.5. The van der Waals surface area contributed by atoms with Crippen molar-refractivity contribution in [1.82, 2.24) is 0 Å². The Bertz CT molecular complexity index is 1550. The predicted octanol–water partition coefficient (Wildman–Crippen LogP) is 9.61. The zero-order chi connectivity index (χ0) is 32.2. The van der Waals surface area contributed by atoms with Crippen molar-refractivity contribution >= 4 is 16.9 Å². The topological polar surface area (TPSA) is 65.7 Å². The summed E-state index contributed by atoms with van der Waals surface area (Å²) in [4.78, 5) is 25.3. The Morgan fingerprint density at radius 2 is 1.83 bits per heavy atom. The Morgan fingerprint density at radius 3 is 2.65 bits per heavy atom. The summed E-state index contributed by atoms with van der Waals surface area (Å²) in [6.07, 6.45) is 19.0. The lowest BCUT2D eigenvalue weighted by Gasteiger charge is -2.58. The molecule has 0 amide bonds. The van der Waals surface area contributed by atoms with Crippen LogP contribution in [0.15, 0.2) is 39.1 Å². The van der Waals surface area contributed by atoms with Crippen molar-refractivity contribution in [2.75, 3.05) is 6.61 Å². The number of aryl methyl sites for hydroxylation is 1. The summed E-state index contributed by atoms with van der Waals surface area (Å²) in [5.74, 6) is 5.15. The molecule has 0 aliphatic heterocycles. The maximum absolute atomic E-state index is 12.9. The molecule has 250 valence electrons. The van der Waals surface area contributed by atoms with E-state index < -0.39 is 0 Å². The SMILES string of the molecule is CC(C)CCC[C@@H](C)[C@H]1CC[C@@H]2[C@H]3CC=C4C[C@@H](OC(=O)COc5ccc6c7c(c(=O)oc6c5)CCC7)CC[C@]4(C)[C@@H]3CC[C@@]21C. The van der Waals surface area contributed by atoms with Crippen molar-refractivity contribution < 1.29 is 18.7 Å². The van der Waals surface area contributed by atoms with Gasteiger partial charge in [-0.3, -0.25) is 0 Å². The maximum Gasteiger partial charge on any atom is 0.344 e. The molecule has 0 unspecified atom stereocenters. The average molecular weight is 629 g/mol. The van der Waals surface area contributed by atoms with Gasteiger partial charge in [0.2, 0.25) is 0 Å². The zero-order valence-electron chi connectivity index (χ0n) is 29.0. The molecule has 0 spiro atoms. The summed E-state index contributed by atoms with van der Waals surface area (Å²) < 4.78 is 17.4. The second-order valence-electron chi connectivity index (χ2n) is 16.8. The van der Waals surface area contributed by atoms with Crippen LogP contribution in [0.25, 0.3) is 11.0 Å². The van der Waals surface area contributed by atoms with E-state index in [9.17, 15) is 9.59 Å². The predicted molar refractivity (Wildman–Crippen MR) is 183 cm³/mol. The van der Waals surface area contributed by atoms with Gasteiger partial charge in [0.25, 0.3) is 0 Å². The molecule has 5 nitrogen and oxygen atoms in total. The Morgan fingerprint density at radius 1 is 1.00 bits per heavy atom. The third-order valence-corrected chi connectivity index (χ3v) is 13.9. The lowest BCUT2D eigenvalue weighted by atomic mass is 9.47. The van der Waals surface area contributed by atoms with Crippen molar-refractivity contribution in [3.05, 3.63) is 51.4 Å². The summed E-state index contributed by atoms with van der Waals surface area (Å²) in [6.45, 7) is 12.3. The van der Waals surface area contributed by atoms with Gasteiger partial charge in [-0.25, -0.2) is 9.59 Å². The molecule has 1 aromatic carbocycles. The highest BCUT2D eigenvalue weighted by Crippen LogP contribution is 2.67. The first kappa shape index (κ1) is 32.0. The molecule has 7 rings (SSSR count). The van der Waals surface area contributed by atoms with Crippen molar-refractivity contribution in [3.8, 4) is 5.75 Å². The van der Waals surface area contributed by atoms with Gasteiger partial charge in [0.1, 0.15) is 17.4 Å². The fourth-order valence-electron chi connectivity index (χ4n) is 11.5. The van der Waals surface area contributed by atoms with E-state index in [0.717, 1.165) is 90.5 Å². The number of carbonyl (C=O) groups excluding carboxylic acids is 1. The molecular formula is C41H56O5. The molecule has 0 N–H and O–H groups in total. The van der Waals surface area contributed by atoms with Gasteiger partial charge in [-0.15, -0.1) is 0 Å². The van der Waals surface area contributed by atoms with Crippen LogP contribution in [0.4, 0.5) is 0 Å². The first-order chi connectivity index (χ1) is 22.1. The molecule has 0 bridgehead atoms. The third kappa shape index (κ3) is 5.66. The van der Waals surface area contributed by atoms with Crippen LogP contribution >= 0.6 is 0 Å². The van der Waals surface area contributed by atoms with Gasteiger partial charge in [0, 0.05) is 23.4 Å². The highest BCUT2D eigenvalue weighted by atomic mass is 16.6. The van der Waals surface area contributed by atoms with Crippen LogP contribution < -0.4 is 10.4 Å². The molecule has 5 aliphatic carbocycles. The van der Waals surface area contributed by atoms with Gasteiger partial charge in [-0.05, 0) is 128 Å². The van der Waals surface area contributed by atoms with Crippen LogP contribution in [0, 0.1) is 46.3 Å². The lowest BCUT2D eigenvalue weighted by Crippen LogP contribution is -2.51. The van der Waals surface area contributed by atoms with E-state index in [4.69, 9.17) is 13.9 Å². The Labute approximate surface area is 275 Å². The van der Waals surface area contributed by atoms with Gasteiger partial charge in [-0.2, -0.15) is 0 Å². The summed E-state index contributed by atoms with van der Waals surface area (Å²) in [6, 6.07) is 5.54. The van der Waals surface area contributed by atoms with Gasteiger partial charge in [0.15, 0.2) is 6.61 Å². The molecule has 0 radical (unpaired) electrons. The molecule has 1 aromatic heterocycles. The summed E-state index contributed by atoms with van der Waals surface area (Å²) in [5.41, 5.74) is 4.46. The molecule has 46 heavy (non-hydrogen) atoms. The zero-order valence-corrected chi connectivity index (χ0v) is 29.0. The first-order valence-corrected chi connectivity index (χ1v) is 18.7. The summed E-state index contributed by atoms with van der Waals surface area (Å²) in [7, 11) is 0. The van der Waals surface area contributed by atoms with E-state index in [1.54, 1.807) is 6.07 Å². The number of fused-ring (bicyclic) bond motifs is 8. The number of carbonyl (C=O) groups is 1. The monoisotopic (exact) mass is 628 g/mol. The van der Waals surface area contributed by atoms with Crippen molar-refractivity contribution in [2.45, 2.75) is 131 Å². The minimum Gasteiger partial charge on any atom is -0.482 e. The van der Waals surface area contributed by atoms with Crippen LogP contribution in [0.5, 0.6) is 5.75 Å². The second-order valence-corrected chi connectivity index (χ2v) is 16.8. The van der Waals surface area contributed by atoms with Crippen molar-refractivity contribution in [1.29, 1.82) is 0 Å². The average Bonchev–Trinajstić information content (AvgIpc) is 3.65. The van der Waals surface area contributed by atoms with Gasteiger partial charge in [-0.1, -0.05) is 65.5 Å². The molecule has 2 aromatic rings. The van der Waals surface area contributed by atoms with Crippen LogP contribution in [0.3, 0.4) is 0 Å². The van der Waals surface area contributed by atoms with Gasteiger partial charge in [0.05, 0.1) is 0 Å².